The van der Waals surface area contributed by atoms with E-state index in [4.69, 9.17) is 33.0 Å². The minimum atomic E-state index is -0.953. The van der Waals surface area contributed by atoms with Gasteiger partial charge in [0.05, 0.1) is 16.7 Å². The number of benzene rings is 2. The van der Waals surface area contributed by atoms with Crippen LogP contribution in [0.5, 0.6) is 5.75 Å². The topological polar surface area (TPSA) is 58.6 Å². The molecular weight excluding hydrogens is 337 g/mol. The average molecular weight is 354 g/mol. The number of carboxylic acid groups (broad SMARTS) is 1. The molecule has 0 aliphatic rings. The van der Waals surface area contributed by atoms with Crippen molar-refractivity contribution in [3.63, 3.8) is 0 Å². The molecule has 0 saturated heterocycles. The highest BCUT2D eigenvalue weighted by Crippen LogP contribution is 2.33. The van der Waals surface area contributed by atoms with Gasteiger partial charge in [0.2, 0.25) is 0 Å². The number of anilines is 1. The van der Waals surface area contributed by atoms with Gasteiger partial charge < -0.3 is 15.2 Å². The van der Waals surface area contributed by atoms with Crippen LogP contribution < -0.4 is 10.1 Å². The molecule has 0 unspecified atom stereocenters. The van der Waals surface area contributed by atoms with Crippen LogP contribution in [0.2, 0.25) is 10.0 Å². The summed E-state index contributed by atoms with van der Waals surface area (Å²) in [5, 5.41) is 13.1. The molecule has 4 nitrogen and oxygen atoms in total. The summed E-state index contributed by atoms with van der Waals surface area (Å²) in [4.78, 5) is 10.8. The second-order valence-corrected chi connectivity index (χ2v) is 6.12. The minimum absolute atomic E-state index is 0.0118. The van der Waals surface area contributed by atoms with Crippen LogP contribution in [0.15, 0.2) is 36.4 Å². The van der Waals surface area contributed by atoms with Crippen molar-refractivity contribution in [2.75, 3.05) is 5.32 Å². The van der Waals surface area contributed by atoms with Crippen molar-refractivity contribution in [1.82, 2.24) is 0 Å². The summed E-state index contributed by atoms with van der Waals surface area (Å²) < 4.78 is 5.76. The van der Waals surface area contributed by atoms with Gasteiger partial charge in [0.1, 0.15) is 5.75 Å². The van der Waals surface area contributed by atoms with Crippen LogP contribution in [0.1, 0.15) is 29.8 Å². The van der Waals surface area contributed by atoms with Gasteiger partial charge in [0, 0.05) is 22.8 Å². The Morgan fingerprint density at radius 3 is 2.43 bits per heavy atom. The molecule has 0 fully saturated rings. The van der Waals surface area contributed by atoms with E-state index in [1.165, 1.54) is 0 Å². The molecule has 23 heavy (non-hydrogen) atoms. The van der Waals surface area contributed by atoms with E-state index in [0.29, 0.717) is 22.3 Å². The molecule has 6 heteroatoms. The van der Waals surface area contributed by atoms with Gasteiger partial charge in [0.15, 0.2) is 0 Å². The first-order valence-electron chi connectivity index (χ1n) is 7.08. The van der Waals surface area contributed by atoms with Crippen LogP contribution in [-0.4, -0.2) is 17.2 Å². The maximum Gasteiger partial charge on any atom is 0.335 e. The lowest BCUT2D eigenvalue weighted by Crippen LogP contribution is -2.10. The molecule has 122 valence electrons. The zero-order valence-electron chi connectivity index (χ0n) is 12.8. The average Bonchev–Trinajstić information content (AvgIpc) is 2.48. The van der Waals surface area contributed by atoms with Gasteiger partial charge in [-0.05, 0) is 50.2 Å². The molecule has 0 saturated carbocycles. The largest absolute Gasteiger partial charge is 0.489 e. The highest BCUT2D eigenvalue weighted by molar-refractivity contribution is 6.35. The zero-order chi connectivity index (χ0) is 17.0. The zero-order valence-corrected chi connectivity index (χ0v) is 14.3. The highest BCUT2D eigenvalue weighted by Gasteiger charge is 2.12. The van der Waals surface area contributed by atoms with Crippen molar-refractivity contribution in [3.05, 3.63) is 57.6 Å². The number of aromatic carboxylic acids is 1. The normalized spacial score (nSPS) is 10.7. The third-order valence-corrected chi connectivity index (χ3v) is 3.55. The number of hydrogen-bond acceptors (Lipinski definition) is 3. The van der Waals surface area contributed by atoms with E-state index in [1.807, 2.05) is 13.8 Å². The maximum atomic E-state index is 10.8. The molecule has 0 aliphatic carbocycles. The number of ether oxygens (including phenoxy) is 1. The van der Waals surface area contributed by atoms with Crippen molar-refractivity contribution in [2.24, 2.45) is 0 Å². The predicted octanol–water partition coefficient (Wildman–Crippen LogP) is 5.09. The number of nitrogens with one attached hydrogen (secondary N) is 1. The van der Waals surface area contributed by atoms with Crippen molar-refractivity contribution in [2.45, 2.75) is 26.5 Å². The Morgan fingerprint density at radius 1 is 1.22 bits per heavy atom. The van der Waals surface area contributed by atoms with E-state index in [1.54, 1.807) is 36.4 Å². The van der Waals surface area contributed by atoms with Gasteiger partial charge in [-0.25, -0.2) is 4.79 Å². The lowest BCUT2D eigenvalue weighted by atomic mass is 10.1. The third-order valence-electron chi connectivity index (χ3n) is 3.05. The van der Waals surface area contributed by atoms with Crippen molar-refractivity contribution in [3.8, 4) is 5.75 Å². The van der Waals surface area contributed by atoms with Gasteiger partial charge in [0.25, 0.3) is 0 Å². The number of carboxylic acids is 1. The Morgan fingerprint density at radius 2 is 1.87 bits per heavy atom. The number of rotatable bonds is 6. The number of carbonyl (C=O) groups is 1. The third kappa shape index (κ3) is 4.78. The Kier molecular flexibility index (Phi) is 5.74. The summed E-state index contributed by atoms with van der Waals surface area (Å²) in [5.74, 6) is -0.355. The molecule has 0 amide bonds. The first-order valence-corrected chi connectivity index (χ1v) is 7.84. The van der Waals surface area contributed by atoms with E-state index in [-0.39, 0.29) is 11.7 Å². The van der Waals surface area contributed by atoms with Crippen LogP contribution in [0.25, 0.3) is 0 Å². The molecule has 0 radical (unpaired) electrons. The fourth-order valence-electron chi connectivity index (χ4n) is 2.04. The Hall–Kier alpha value is -1.91. The molecular formula is C17H17Cl2NO3. The van der Waals surface area contributed by atoms with Gasteiger partial charge in [-0.2, -0.15) is 0 Å². The Balaban J connectivity index is 2.17. The summed E-state index contributed by atoms with van der Waals surface area (Å²) in [6.07, 6.45) is -0.0118. The monoisotopic (exact) mass is 353 g/mol. The first-order chi connectivity index (χ1) is 10.9. The van der Waals surface area contributed by atoms with E-state index in [9.17, 15) is 4.79 Å². The molecule has 2 aromatic rings. The van der Waals surface area contributed by atoms with Gasteiger partial charge in [-0.15, -0.1) is 0 Å². The Labute approximate surface area is 145 Å². The Bertz CT molecular complexity index is 700. The van der Waals surface area contributed by atoms with E-state index in [2.05, 4.69) is 5.32 Å². The van der Waals surface area contributed by atoms with Crippen molar-refractivity contribution in [1.29, 1.82) is 0 Å². The van der Waals surface area contributed by atoms with Crippen LogP contribution in [0.4, 0.5) is 5.69 Å². The van der Waals surface area contributed by atoms with Crippen LogP contribution in [0.3, 0.4) is 0 Å². The second kappa shape index (κ2) is 7.57. The van der Waals surface area contributed by atoms with Gasteiger partial charge in [-0.1, -0.05) is 23.2 Å². The molecule has 2 rings (SSSR count). The summed E-state index contributed by atoms with van der Waals surface area (Å²) in [7, 11) is 0. The second-order valence-electron chi connectivity index (χ2n) is 5.28. The first kappa shape index (κ1) is 17.4. The van der Waals surface area contributed by atoms with Crippen LogP contribution >= 0.6 is 23.2 Å². The summed E-state index contributed by atoms with van der Waals surface area (Å²) in [5.41, 5.74) is 1.87. The molecule has 0 atom stereocenters. The SMILES string of the molecule is CC(C)Oc1c(Cl)cc(Cl)cc1CNc1ccc(C(=O)O)cc1. The molecule has 0 aliphatic heterocycles. The lowest BCUT2D eigenvalue weighted by molar-refractivity contribution is 0.0697. The number of hydrogen-bond donors (Lipinski definition) is 2. The minimum Gasteiger partial charge on any atom is -0.489 e. The van der Waals surface area contributed by atoms with Crippen molar-refractivity contribution >= 4 is 34.9 Å². The van der Waals surface area contributed by atoms with E-state index >= 15 is 0 Å². The van der Waals surface area contributed by atoms with Crippen LogP contribution in [0, 0.1) is 0 Å². The summed E-state index contributed by atoms with van der Waals surface area (Å²) >= 11 is 12.3. The van der Waals surface area contributed by atoms with Gasteiger partial charge in [-0.3, -0.25) is 0 Å². The number of halogens is 2. The molecule has 0 heterocycles. The molecule has 0 bridgehead atoms. The lowest BCUT2D eigenvalue weighted by Gasteiger charge is -2.17. The fraction of sp³-hybridized carbons (Fsp3) is 0.235. The molecule has 2 aromatic carbocycles. The fourth-order valence-corrected chi connectivity index (χ4v) is 2.62. The van der Waals surface area contributed by atoms with Crippen LogP contribution in [-0.2, 0) is 6.54 Å². The highest BCUT2D eigenvalue weighted by atomic mass is 35.5. The smallest absolute Gasteiger partial charge is 0.335 e. The standard InChI is InChI=1S/C17H17Cl2NO3/c1-10(2)23-16-12(7-13(18)8-15(16)19)9-20-14-5-3-11(4-6-14)17(21)22/h3-8,10,20H,9H2,1-2H3,(H,21,22). The van der Waals surface area contributed by atoms with E-state index in [0.717, 1.165) is 11.3 Å². The van der Waals surface area contributed by atoms with Crippen molar-refractivity contribution < 1.29 is 14.6 Å². The predicted molar refractivity (Wildman–Crippen MR) is 93.0 cm³/mol. The summed E-state index contributed by atoms with van der Waals surface area (Å²) in [6, 6.07) is 9.94. The van der Waals surface area contributed by atoms with Gasteiger partial charge >= 0.3 is 5.97 Å². The quantitative estimate of drug-likeness (QED) is 0.759. The summed E-state index contributed by atoms with van der Waals surface area (Å²) in [6.45, 7) is 4.30. The molecule has 0 aromatic heterocycles. The van der Waals surface area contributed by atoms with E-state index < -0.39 is 5.97 Å². The maximum absolute atomic E-state index is 10.8. The molecule has 0 spiro atoms. The molecule has 2 N–H and O–H groups in total.